The van der Waals surface area contributed by atoms with Crippen LogP contribution in [0.4, 0.5) is 0 Å². The summed E-state index contributed by atoms with van der Waals surface area (Å²) in [5.41, 5.74) is 3.86. The molecule has 0 spiro atoms. The topological polar surface area (TPSA) is 47.9 Å². The van der Waals surface area contributed by atoms with E-state index >= 15 is 0 Å². The van der Waals surface area contributed by atoms with Crippen molar-refractivity contribution in [1.82, 2.24) is 15.0 Å². The average molecular weight is 251 g/mol. The lowest BCUT2D eigenvalue weighted by atomic mass is 10.0. The largest absolute Gasteiger partial charge is 0.494 e. The molecule has 3 aromatic rings. The normalized spacial score (nSPS) is 10.6. The number of benzene rings is 1. The molecule has 0 unspecified atom stereocenters. The molecule has 0 N–H and O–H groups in total. The van der Waals surface area contributed by atoms with Gasteiger partial charge in [-0.1, -0.05) is 6.07 Å². The minimum Gasteiger partial charge on any atom is -0.494 e. The molecule has 0 aliphatic heterocycles. The Hall–Kier alpha value is -2.49. The van der Waals surface area contributed by atoms with Crippen LogP contribution in [0.2, 0.25) is 0 Å². The van der Waals surface area contributed by atoms with E-state index in [0.717, 1.165) is 33.5 Å². The van der Waals surface area contributed by atoms with Gasteiger partial charge < -0.3 is 4.74 Å². The van der Waals surface area contributed by atoms with Crippen LogP contribution in [0.25, 0.3) is 22.0 Å². The Kier molecular flexibility index (Phi) is 2.83. The number of rotatable bonds is 2. The number of hydrogen-bond donors (Lipinski definition) is 0. The quantitative estimate of drug-likeness (QED) is 0.702. The molecule has 0 bridgehead atoms. The summed E-state index contributed by atoms with van der Waals surface area (Å²) in [7, 11) is 1.66. The molecule has 4 heteroatoms. The van der Waals surface area contributed by atoms with E-state index < -0.39 is 0 Å². The lowest BCUT2D eigenvalue weighted by Gasteiger charge is -2.10. The number of ether oxygens (including phenoxy) is 1. The third-order valence-corrected chi connectivity index (χ3v) is 3.05. The first-order chi connectivity index (χ1) is 9.29. The Balaban J connectivity index is 2.33. The van der Waals surface area contributed by atoms with Crippen LogP contribution in [0.3, 0.4) is 0 Å². The number of aromatic nitrogens is 3. The molecule has 19 heavy (non-hydrogen) atoms. The molecule has 0 radical (unpaired) electrons. The Morgan fingerprint density at radius 2 is 1.79 bits per heavy atom. The molecule has 0 aliphatic carbocycles. The molecule has 2 heterocycles. The summed E-state index contributed by atoms with van der Waals surface area (Å²) >= 11 is 0. The highest BCUT2D eigenvalue weighted by atomic mass is 16.5. The Morgan fingerprint density at radius 1 is 1.00 bits per heavy atom. The van der Waals surface area contributed by atoms with E-state index in [1.165, 1.54) is 6.33 Å². The molecule has 0 saturated heterocycles. The first kappa shape index (κ1) is 11.6. The van der Waals surface area contributed by atoms with Gasteiger partial charge in [0.25, 0.3) is 0 Å². The number of aryl methyl sites for hydroxylation is 1. The first-order valence-corrected chi connectivity index (χ1v) is 5.99. The van der Waals surface area contributed by atoms with Crippen molar-refractivity contribution >= 4 is 10.9 Å². The van der Waals surface area contributed by atoms with Gasteiger partial charge in [-0.25, -0.2) is 15.0 Å². The van der Waals surface area contributed by atoms with Gasteiger partial charge in [-0.3, -0.25) is 0 Å². The van der Waals surface area contributed by atoms with Gasteiger partial charge in [0.2, 0.25) is 0 Å². The second kappa shape index (κ2) is 4.65. The summed E-state index contributed by atoms with van der Waals surface area (Å²) in [6, 6.07) is 7.99. The third kappa shape index (κ3) is 2.01. The summed E-state index contributed by atoms with van der Waals surface area (Å²) < 4.78 is 5.38. The van der Waals surface area contributed by atoms with Gasteiger partial charge >= 0.3 is 0 Å². The van der Waals surface area contributed by atoms with Crippen molar-refractivity contribution in [1.29, 1.82) is 0 Å². The molecule has 2 aromatic heterocycles. The SMILES string of the molecule is COc1ccc(-c2cncnc2)c2ccc(C)nc12. The fraction of sp³-hybridized carbons (Fsp3) is 0.133. The zero-order valence-electron chi connectivity index (χ0n) is 10.8. The Labute approximate surface area is 111 Å². The Morgan fingerprint density at radius 3 is 2.53 bits per heavy atom. The van der Waals surface area contributed by atoms with Crippen molar-refractivity contribution in [3.8, 4) is 16.9 Å². The van der Waals surface area contributed by atoms with Crippen LogP contribution >= 0.6 is 0 Å². The predicted octanol–water partition coefficient (Wildman–Crippen LogP) is 3.01. The molecule has 0 saturated carbocycles. The van der Waals surface area contributed by atoms with Crippen LogP contribution in [-0.4, -0.2) is 22.1 Å². The van der Waals surface area contributed by atoms with Gasteiger partial charge in [-0.15, -0.1) is 0 Å². The molecule has 3 rings (SSSR count). The van der Waals surface area contributed by atoms with E-state index in [2.05, 4.69) is 21.0 Å². The summed E-state index contributed by atoms with van der Waals surface area (Å²) in [5.74, 6) is 0.777. The van der Waals surface area contributed by atoms with E-state index in [-0.39, 0.29) is 0 Å². The average Bonchev–Trinajstić information content (AvgIpc) is 2.47. The second-order valence-corrected chi connectivity index (χ2v) is 4.29. The molecular formula is C15H13N3O. The molecule has 94 valence electrons. The number of nitrogens with zero attached hydrogens (tertiary/aromatic N) is 3. The van der Waals surface area contributed by atoms with Gasteiger partial charge in [0, 0.05) is 29.0 Å². The highest BCUT2D eigenvalue weighted by Gasteiger charge is 2.09. The van der Waals surface area contributed by atoms with E-state index in [0.29, 0.717) is 0 Å². The number of hydrogen-bond acceptors (Lipinski definition) is 4. The molecule has 0 amide bonds. The number of fused-ring (bicyclic) bond motifs is 1. The standard InChI is InChI=1S/C15H13N3O/c1-10-3-4-13-12(11-7-16-9-17-8-11)5-6-14(19-2)15(13)18-10/h3-9H,1-2H3. The number of pyridine rings is 1. The number of methoxy groups -OCH3 is 1. The van der Waals surface area contributed by atoms with Crippen molar-refractivity contribution in [2.24, 2.45) is 0 Å². The lowest BCUT2D eigenvalue weighted by Crippen LogP contribution is -1.92. The van der Waals surface area contributed by atoms with Crippen LogP contribution in [0.5, 0.6) is 5.75 Å². The van der Waals surface area contributed by atoms with Crippen LogP contribution in [0.15, 0.2) is 43.0 Å². The monoisotopic (exact) mass is 251 g/mol. The van der Waals surface area contributed by atoms with Crippen LogP contribution in [-0.2, 0) is 0 Å². The predicted molar refractivity (Wildman–Crippen MR) is 74.1 cm³/mol. The highest BCUT2D eigenvalue weighted by Crippen LogP contribution is 2.32. The van der Waals surface area contributed by atoms with Crippen LogP contribution < -0.4 is 4.74 Å². The Bertz CT molecular complexity index is 726. The van der Waals surface area contributed by atoms with Gasteiger partial charge in [0.15, 0.2) is 0 Å². The molecular weight excluding hydrogens is 238 g/mol. The molecule has 4 nitrogen and oxygen atoms in total. The maximum atomic E-state index is 5.38. The summed E-state index contributed by atoms with van der Waals surface area (Å²) in [6.07, 6.45) is 5.12. The van der Waals surface area contributed by atoms with Gasteiger partial charge in [-0.05, 0) is 30.7 Å². The zero-order valence-corrected chi connectivity index (χ0v) is 10.8. The van der Waals surface area contributed by atoms with Crippen LogP contribution in [0, 0.1) is 6.92 Å². The lowest BCUT2D eigenvalue weighted by molar-refractivity contribution is 0.419. The summed E-state index contributed by atoms with van der Waals surface area (Å²) in [6.45, 7) is 1.97. The molecule has 0 aliphatic rings. The molecule has 0 atom stereocenters. The van der Waals surface area contributed by atoms with Crippen molar-refractivity contribution < 1.29 is 4.74 Å². The fourth-order valence-electron chi connectivity index (χ4n) is 2.14. The van der Waals surface area contributed by atoms with Gasteiger partial charge in [0.1, 0.15) is 17.6 Å². The minimum absolute atomic E-state index is 0.777. The third-order valence-electron chi connectivity index (χ3n) is 3.05. The molecule has 0 fully saturated rings. The smallest absolute Gasteiger partial charge is 0.145 e. The van der Waals surface area contributed by atoms with Gasteiger partial charge in [-0.2, -0.15) is 0 Å². The van der Waals surface area contributed by atoms with E-state index in [1.807, 2.05) is 25.1 Å². The van der Waals surface area contributed by atoms with E-state index in [9.17, 15) is 0 Å². The maximum absolute atomic E-state index is 5.38. The van der Waals surface area contributed by atoms with Crippen LogP contribution in [0.1, 0.15) is 5.69 Å². The maximum Gasteiger partial charge on any atom is 0.145 e. The molecule has 1 aromatic carbocycles. The minimum atomic E-state index is 0.777. The van der Waals surface area contributed by atoms with Crippen molar-refractivity contribution in [2.75, 3.05) is 7.11 Å². The van der Waals surface area contributed by atoms with Crippen molar-refractivity contribution in [3.05, 3.63) is 48.7 Å². The summed E-state index contributed by atoms with van der Waals surface area (Å²) in [5, 5.41) is 1.04. The first-order valence-electron chi connectivity index (χ1n) is 5.99. The fourth-order valence-corrected chi connectivity index (χ4v) is 2.14. The second-order valence-electron chi connectivity index (χ2n) is 4.29. The van der Waals surface area contributed by atoms with E-state index in [4.69, 9.17) is 4.74 Å². The van der Waals surface area contributed by atoms with Gasteiger partial charge in [0.05, 0.1) is 7.11 Å². The van der Waals surface area contributed by atoms with Crippen molar-refractivity contribution in [2.45, 2.75) is 6.92 Å². The highest BCUT2D eigenvalue weighted by molar-refractivity contribution is 5.97. The van der Waals surface area contributed by atoms with E-state index in [1.54, 1.807) is 19.5 Å². The zero-order chi connectivity index (χ0) is 13.2. The summed E-state index contributed by atoms with van der Waals surface area (Å²) in [4.78, 5) is 12.7. The van der Waals surface area contributed by atoms with Crippen molar-refractivity contribution in [3.63, 3.8) is 0 Å².